The first kappa shape index (κ1) is 12.3. The van der Waals surface area contributed by atoms with E-state index in [0.717, 1.165) is 31.7 Å². The van der Waals surface area contributed by atoms with Gasteiger partial charge in [-0.3, -0.25) is 9.80 Å². The van der Waals surface area contributed by atoms with Gasteiger partial charge < -0.3 is 5.11 Å². The predicted molar refractivity (Wildman–Crippen MR) is 66.5 cm³/mol. The maximum absolute atomic E-state index is 9.95. The Labute approximate surface area is 99.4 Å². The van der Waals surface area contributed by atoms with Gasteiger partial charge in [0.2, 0.25) is 0 Å². The van der Waals surface area contributed by atoms with Crippen LogP contribution in [0.25, 0.3) is 0 Å². The molecule has 2 bridgehead atoms. The molecule has 2 aliphatic rings. The molecule has 0 radical (unpaired) electrons. The van der Waals surface area contributed by atoms with Gasteiger partial charge in [0.05, 0.1) is 6.10 Å². The molecule has 3 unspecified atom stereocenters. The van der Waals surface area contributed by atoms with E-state index in [1.807, 2.05) is 0 Å². The number of fused-ring (bicyclic) bond motifs is 2. The van der Waals surface area contributed by atoms with Gasteiger partial charge in [0.1, 0.15) is 0 Å². The Bertz CT molecular complexity index is 232. The van der Waals surface area contributed by atoms with Crippen molar-refractivity contribution in [3.05, 3.63) is 0 Å². The van der Waals surface area contributed by atoms with Crippen molar-refractivity contribution in [2.75, 3.05) is 26.7 Å². The molecule has 2 fully saturated rings. The van der Waals surface area contributed by atoms with Crippen LogP contribution in [0.5, 0.6) is 0 Å². The maximum atomic E-state index is 9.95. The summed E-state index contributed by atoms with van der Waals surface area (Å²) in [5.41, 5.74) is 0. The molecule has 3 heteroatoms. The van der Waals surface area contributed by atoms with Gasteiger partial charge >= 0.3 is 0 Å². The van der Waals surface area contributed by atoms with E-state index in [1.54, 1.807) is 0 Å². The summed E-state index contributed by atoms with van der Waals surface area (Å²) in [4.78, 5) is 5.02. The minimum Gasteiger partial charge on any atom is -0.392 e. The van der Waals surface area contributed by atoms with Crippen molar-refractivity contribution in [1.29, 1.82) is 0 Å². The summed E-state index contributed by atoms with van der Waals surface area (Å²) in [7, 11) is 2.27. The molecule has 0 aromatic heterocycles. The molecule has 2 rings (SSSR count). The Kier molecular flexibility index (Phi) is 3.88. The minimum atomic E-state index is -0.165. The fourth-order valence-electron chi connectivity index (χ4n) is 3.02. The molecule has 2 heterocycles. The lowest BCUT2D eigenvalue weighted by Gasteiger charge is -2.28. The molecule has 2 saturated heterocycles. The third-order valence-corrected chi connectivity index (χ3v) is 4.45. The second-order valence-corrected chi connectivity index (χ2v) is 5.91. The highest BCUT2D eigenvalue weighted by Gasteiger charge is 2.34. The third kappa shape index (κ3) is 2.58. The second kappa shape index (κ2) is 5.03. The fourth-order valence-corrected chi connectivity index (χ4v) is 3.02. The van der Waals surface area contributed by atoms with Crippen LogP contribution >= 0.6 is 0 Å². The largest absolute Gasteiger partial charge is 0.392 e. The summed E-state index contributed by atoms with van der Waals surface area (Å²) in [6, 6.07) is 1.53. The Morgan fingerprint density at radius 2 is 1.88 bits per heavy atom. The summed E-state index contributed by atoms with van der Waals surface area (Å²) in [6.07, 6.45) is 3.83. The molecule has 0 aliphatic carbocycles. The zero-order valence-electron chi connectivity index (χ0n) is 10.9. The summed E-state index contributed by atoms with van der Waals surface area (Å²) in [6.45, 7) is 7.36. The van der Waals surface area contributed by atoms with E-state index in [4.69, 9.17) is 0 Å². The normalized spacial score (nSPS) is 34.3. The highest BCUT2D eigenvalue weighted by atomic mass is 16.3. The average molecular weight is 226 g/mol. The molecule has 1 N–H and O–H groups in total. The number of rotatable bonds is 3. The van der Waals surface area contributed by atoms with Crippen LogP contribution in [0.2, 0.25) is 0 Å². The van der Waals surface area contributed by atoms with E-state index in [-0.39, 0.29) is 6.10 Å². The van der Waals surface area contributed by atoms with Crippen LogP contribution in [0.3, 0.4) is 0 Å². The summed E-state index contributed by atoms with van der Waals surface area (Å²) < 4.78 is 0. The van der Waals surface area contributed by atoms with Crippen LogP contribution in [0.4, 0.5) is 0 Å². The number of hydrogen-bond acceptors (Lipinski definition) is 3. The highest BCUT2D eigenvalue weighted by Crippen LogP contribution is 2.28. The molecule has 0 aromatic carbocycles. The number of likely N-dealkylation sites (tertiary alicyclic amines) is 1. The molecule has 2 aliphatic heterocycles. The van der Waals surface area contributed by atoms with Crippen LogP contribution in [0, 0.1) is 5.92 Å². The standard InChI is InChI=1S/C13H26N2O/c1-10(2)13(16)9-15-7-6-11-4-5-12(8-15)14(11)3/h10-13,16H,4-9H2,1-3H3. The van der Waals surface area contributed by atoms with Gasteiger partial charge in [-0.15, -0.1) is 0 Å². The van der Waals surface area contributed by atoms with E-state index in [2.05, 4.69) is 30.7 Å². The van der Waals surface area contributed by atoms with Gasteiger partial charge in [-0.1, -0.05) is 13.8 Å². The number of β-amino-alcohol motifs (C(OH)–C–C–N with tert-alkyl or cyclic N) is 1. The molecule has 94 valence electrons. The molecule has 0 aromatic rings. The molecule has 3 nitrogen and oxygen atoms in total. The van der Waals surface area contributed by atoms with Crippen LogP contribution in [0.15, 0.2) is 0 Å². The van der Waals surface area contributed by atoms with Crippen molar-refractivity contribution < 1.29 is 5.11 Å². The SMILES string of the molecule is CC(C)C(O)CN1CCC2CCC(C1)N2C. The molecule has 3 atom stereocenters. The Morgan fingerprint density at radius 1 is 1.19 bits per heavy atom. The van der Waals surface area contributed by atoms with E-state index in [9.17, 15) is 5.11 Å². The summed E-state index contributed by atoms with van der Waals surface area (Å²) in [5, 5.41) is 9.95. The first-order valence-electron chi connectivity index (χ1n) is 6.70. The van der Waals surface area contributed by atoms with Crippen molar-refractivity contribution in [3.63, 3.8) is 0 Å². The number of hydrogen-bond donors (Lipinski definition) is 1. The average Bonchev–Trinajstić information content (AvgIpc) is 2.46. The summed E-state index contributed by atoms with van der Waals surface area (Å²) >= 11 is 0. The summed E-state index contributed by atoms with van der Waals surface area (Å²) in [5.74, 6) is 0.373. The molecule has 16 heavy (non-hydrogen) atoms. The lowest BCUT2D eigenvalue weighted by Crippen LogP contribution is -2.41. The Morgan fingerprint density at radius 3 is 2.56 bits per heavy atom. The van der Waals surface area contributed by atoms with Crippen LogP contribution < -0.4 is 0 Å². The van der Waals surface area contributed by atoms with Crippen LogP contribution in [-0.4, -0.2) is 59.8 Å². The van der Waals surface area contributed by atoms with Crippen molar-refractivity contribution in [2.45, 2.75) is 51.3 Å². The Hall–Kier alpha value is -0.120. The molecule has 0 amide bonds. The Balaban J connectivity index is 1.89. The maximum Gasteiger partial charge on any atom is 0.0689 e. The van der Waals surface area contributed by atoms with Crippen LogP contribution in [-0.2, 0) is 0 Å². The number of nitrogens with zero attached hydrogens (tertiary/aromatic N) is 2. The zero-order valence-corrected chi connectivity index (χ0v) is 10.9. The van der Waals surface area contributed by atoms with Gasteiger partial charge in [0.15, 0.2) is 0 Å². The lowest BCUT2D eigenvalue weighted by atomic mass is 10.0. The van der Waals surface area contributed by atoms with E-state index in [0.29, 0.717) is 5.92 Å². The molecule has 0 spiro atoms. The zero-order chi connectivity index (χ0) is 11.7. The van der Waals surface area contributed by atoms with Crippen molar-refractivity contribution in [3.8, 4) is 0 Å². The van der Waals surface area contributed by atoms with E-state index in [1.165, 1.54) is 19.3 Å². The van der Waals surface area contributed by atoms with E-state index < -0.39 is 0 Å². The molecule has 0 saturated carbocycles. The highest BCUT2D eigenvalue weighted by molar-refractivity contribution is 4.91. The van der Waals surface area contributed by atoms with Gasteiger partial charge in [-0.2, -0.15) is 0 Å². The van der Waals surface area contributed by atoms with Crippen molar-refractivity contribution >= 4 is 0 Å². The monoisotopic (exact) mass is 226 g/mol. The third-order valence-electron chi connectivity index (χ3n) is 4.45. The smallest absolute Gasteiger partial charge is 0.0689 e. The van der Waals surface area contributed by atoms with E-state index >= 15 is 0 Å². The van der Waals surface area contributed by atoms with Crippen molar-refractivity contribution in [1.82, 2.24) is 9.80 Å². The fraction of sp³-hybridized carbons (Fsp3) is 1.00. The topological polar surface area (TPSA) is 26.7 Å². The number of likely N-dealkylation sites (N-methyl/N-ethyl adjacent to an activating group) is 1. The molecular formula is C13H26N2O. The first-order valence-corrected chi connectivity index (χ1v) is 6.70. The molecular weight excluding hydrogens is 200 g/mol. The first-order chi connectivity index (χ1) is 7.58. The number of aliphatic hydroxyl groups is 1. The van der Waals surface area contributed by atoms with Crippen LogP contribution in [0.1, 0.15) is 33.1 Å². The second-order valence-electron chi connectivity index (χ2n) is 5.91. The minimum absolute atomic E-state index is 0.165. The number of aliphatic hydroxyl groups excluding tert-OH is 1. The van der Waals surface area contributed by atoms with Gasteiger partial charge in [0, 0.05) is 25.2 Å². The van der Waals surface area contributed by atoms with Crippen molar-refractivity contribution in [2.24, 2.45) is 5.92 Å². The lowest BCUT2D eigenvalue weighted by molar-refractivity contribution is 0.0724. The predicted octanol–water partition coefficient (Wildman–Crippen LogP) is 1.17. The van der Waals surface area contributed by atoms with Gasteiger partial charge in [-0.25, -0.2) is 0 Å². The van der Waals surface area contributed by atoms with Gasteiger partial charge in [-0.05, 0) is 38.8 Å². The quantitative estimate of drug-likeness (QED) is 0.782. The van der Waals surface area contributed by atoms with Gasteiger partial charge in [0.25, 0.3) is 0 Å².